The maximum absolute atomic E-state index is 13.1. The molecule has 8 atom stereocenters. The molecule has 2 N–H and O–H groups in total. The summed E-state index contributed by atoms with van der Waals surface area (Å²) in [5.41, 5.74) is -1.27. The summed E-state index contributed by atoms with van der Waals surface area (Å²) in [4.78, 5) is 25.7. The first kappa shape index (κ1) is 21.9. The molecule has 0 amide bonds. The molecule has 5 rings (SSSR count). The van der Waals surface area contributed by atoms with E-state index in [0.29, 0.717) is 24.3 Å². The van der Waals surface area contributed by atoms with E-state index in [1.54, 1.807) is 12.1 Å². The zero-order valence-electron chi connectivity index (χ0n) is 19.5. The van der Waals surface area contributed by atoms with E-state index in [1.165, 1.54) is 0 Å². The Morgan fingerprint density at radius 3 is 2.38 bits per heavy atom. The molecule has 4 saturated carbocycles. The van der Waals surface area contributed by atoms with Crippen LogP contribution in [0.1, 0.15) is 82.5 Å². The number of fused-ring (bicyclic) bond motifs is 2. The molecule has 0 unspecified atom stereocenters. The summed E-state index contributed by atoms with van der Waals surface area (Å²) in [6.45, 7) is 6.13. The van der Waals surface area contributed by atoms with Crippen LogP contribution in [0.5, 0.6) is 0 Å². The first-order chi connectivity index (χ1) is 15.0. The van der Waals surface area contributed by atoms with Crippen molar-refractivity contribution in [3.63, 3.8) is 0 Å². The van der Waals surface area contributed by atoms with Gasteiger partial charge in [0.1, 0.15) is 6.10 Å². The standard InChI is InChI=1S/C27H36O5/c1-24(23(29)30)10-7-11-25(2)21(24)20(32-22(28)17-8-5-4-6-9-17)15-18-14-19-16-27(18,25)13-12-26(19,3)31/h4-6,8-9,18-21,31H,7,10-16H2,1-3H3,(H,29,30)/t18-,19-,20-,21+,24-,25+,26-,27+/m1/s1. The summed E-state index contributed by atoms with van der Waals surface area (Å²) < 4.78 is 6.20. The van der Waals surface area contributed by atoms with Crippen molar-refractivity contribution in [1.29, 1.82) is 0 Å². The molecule has 0 aromatic heterocycles. The highest BCUT2D eigenvalue weighted by Gasteiger charge is 2.72. The number of ether oxygens (including phenoxy) is 1. The Balaban J connectivity index is 1.57. The highest BCUT2D eigenvalue weighted by atomic mass is 16.5. The number of aliphatic carboxylic acids is 1. The van der Waals surface area contributed by atoms with E-state index in [9.17, 15) is 19.8 Å². The van der Waals surface area contributed by atoms with Crippen molar-refractivity contribution in [2.75, 3.05) is 0 Å². The van der Waals surface area contributed by atoms with Gasteiger partial charge >= 0.3 is 11.9 Å². The summed E-state index contributed by atoms with van der Waals surface area (Å²) in [5, 5.41) is 21.4. The van der Waals surface area contributed by atoms with Crippen molar-refractivity contribution in [3.8, 4) is 0 Å². The number of hydrogen-bond acceptors (Lipinski definition) is 4. The number of carboxylic acids is 1. The second-order valence-corrected chi connectivity index (χ2v) is 11.9. The number of esters is 1. The number of carboxylic acid groups (broad SMARTS) is 1. The van der Waals surface area contributed by atoms with Crippen LogP contribution in [0.2, 0.25) is 0 Å². The van der Waals surface area contributed by atoms with Gasteiger partial charge in [-0.2, -0.15) is 0 Å². The molecule has 1 aromatic carbocycles. The lowest BCUT2D eigenvalue weighted by molar-refractivity contribution is -0.221. The van der Waals surface area contributed by atoms with Crippen LogP contribution in [0.3, 0.4) is 0 Å². The largest absolute Gasteiger partial charge is 0.481 e. The molecule has 4 aliphatic carbocycles. The van der Waals surface area contributed by atoms with Crippen LogP contribution >= 0.6 is 0 Å². The van der Waals surface area contributed by atoms with E-state index in [1.807, 2.05) is 32.0 Å². The van der Waals surface area contributed by atoms with Crippen molar-refractivity contribution in [3.05, 3.63) is 35.9 Å². The van der Waals surface area contributed by atoms with E-state index >= 15 is 0 Å². The smallest absolute Gasteiger partial charge is 0.338 e. The molecule has 5 nitrogen and oxygen atoms in total. The molecule has 32 heavy (non-hydrogen) atoms. The average Bonchev–Trinajstić information content (AvgIpc) is 3.09. The van der Waals surface area contributed by atoms with E-state index in [2.05, 4.69) is 6.92 Å². The second kappa shape index (κ2) is 7.06. The van der Waals surface area contributed by atoms with Gasteiger partial charge in [-0.3, -0.25) is 4.79 Å². The van der Waals surface area contributed by atoms with E-state index < -0.39 is 23.1 Å². The van der Waals surface area contributed by atoms with E-state index in [0.717, 1.165) is 38.5 Å². The Morgan fingerprint density at radius 2 is 1.69 bits per heavy atom. The predicted octanol–water partition coefficient (Wildman–Crippen LogP) is 5.07. The van der Waals surface area contributed by atoms with Gasteiger partial charge in [0.25, 0.3) is 0 Å². The first-order valence-corrected chi connectivity index (χ1v) is 12.3. The zero-order valence-corrected chi connectivity index (χ0v) is 19.5. The molecular weight excluding hydrogens is 404 g/mol. The van der Waals surface area contributed by atoms with Crippen LogP contribution in [-0.2, 0) is 9.53 Å². The zero-order chi connectivity index (χ0) is 22.9. The number of rotatable bonds is 3. The van der Waals surface area contributed by atoms with Gasteiger partial charge in [0.2, 0.25) is 0 Å². The Hall–Kier alpha value is -1.88. The molecule has 0 heterocycles. The molecule has 5 heteroatoms. The Morgan fingerprint density at radius 1 is 0.969 bits per heavy atom. The lowest BCUT2D eigenvalue weighted by atomic mass is 9.38. The van der Waals surface area contributed by atoms with Crippen molar-refractivity contribution in [1.82, 2.24) is 0 Å². The molecule has 0 aliphatic heterocycles. The summed E-state index contributed by atoms with van der Waals surface area (Å²) in [6, 6.07) is 9.01. The van der Waals surface area contributed by atoms with Crippen molar-refractivity contribution in [2.45, 2.75) is 83.8 Å². The maximum Gasteiger partial charge on any atom is 0.338 e. The summed E-state index contributed by atoms with van der Waals surface area (Å²) in [7, 11) is 0. The molecule has 174 valence electrons. The SMILES string of the molecule is C[C@@]1(C(=O)O)CCC[C@@]2(C)[C@H]1[C@H](OC(=O)c1ccccc1)C[C@H]1C[C@@H]3C[C@@]12CC[C@@]3(C)O. The lowest BCUT2D eigenvalue weighted by Crippen LogP contribution is -2.65. The summed E-state index contributed by atoms with van der Waals surface area (Å²) >= 11 is 0. The number of benzene rings is 1. The Bertz CT molecular complexity index is 925. The van der Waals surface area contributed by atoms with Crippen molar-refractivity contribution < 1.29 is 24.5 Å². The number of carbonyl (C=O) groups excluding carboxylic acids is 1. The fraction of sp³-hybridized carbons (Fsp3) is 0.704. The number of carbonyl (C=O) groups is 2. The fourth-order valence-electron chi connectivity index (χ4n) is 8.79. The molecule has 4 fully saturated rings. The van der Waals surface area contributed by atoms with Gasteiger partial charge in [0.15, 0.2) is 0 Å². The van der Waals surface area contributed by atoms with Crippen LogP contribution in [-0.4, -0.2) is 33.9 Å². The van der Waals surface area contributed by atoms with Crippen LogP contribution in [0.4, 0.5) is 0 Å². The molecule has 2 bridgehead atoms. The molecule has 0 radical (unpaired) electrons. The van der Waals surface area contributed by atoms with Gasteiger partial charge in [0.05, 0.1) is 16.6 Å². The Kier molecular flexibility index (Phi) is 4.84. The molecular formula is C27H36O5. The third-order valence-electron chi connectivity index (χ3n) is 10.5. The van der Waals surface area contributed by atoms with Crippen LogP contribution in [0, 0.1) is 34.0 Å². The minimum Gasteiger partial charge on any atom is -0.481 e. The van der Waals surface area contributed by atoms with E-state index in [-0.39, 0.29) is 28.6 Å². The monoisotopic (exact) mass is 440 g/mol. The maximum atomic E-state index is 13.1. The minimum absolute atomic E-state index is 0.0252. The minimum atomic E-state index is -0.924. The van der Waals surface area contributed by atoms with Gasteiger partial charge in [-0.1, -0.05) is 31.5 Å². The quantitative estimate of drug-likeness (QED) is 0.641. The van der Waals surface area contributed by atoms with Gasteiger partial charge in [-0.05, 0) is 93.6 Å². The second-order valence-electron chi connectivity index (χ2n) is 11.9. The molecule has 1 aromatic rings. The van der Waals surface area contributed by atoms with Gasteiger partial charge in [-0.25, -0.2) is 4.79 Å². The van der Waals surface area contributed by atoms with Gasteiger partial charge in [0, 0.05) is 5.92 Å². The highest BCUT2D eigenvalue weighted by Crippen LogP contribution is 2.75. The third kappa shape index (κ3) is 2.85. The summed E-state index contributed by atoms with van der Waals surface area (Å²) in [6.07, 6.45) is 6.35. The summed E-state index contributed by atoms with van der Waals surface area (Å²) in [5.74, 6) is -0.777. The van der Waals surface area contributed by atoms with Crippen LogP contribution in [0.25, 0.3) is 0 Å². The van der Waals surface area contributed by atoms with Gasteiger partial charge in [-0.15, -0.1) is 0 Å². The predicted molar refractivity (Wildman–Crippen MR) is 120 cm³/mol. The van der Waals surface area contributed by atoms with Crippen molar-refractivity contribution in [2.24, 2.45) is 34.0 Å². The lowest BCUT2D eigenvalue weighted by Gasteiger charge is -2.66. The first-order valence-electron chi connectivity index (χ1n) is 12.3. The molecule has 1 spiro atoms. The van der Waals surface area contributed by atoms with Crippen LogP contribution < -0.4 is 0 Å². The molecule has 4 aliphatic rings. The van der Waals surface area contributed by atoms with Crippen molar-refractivity contribution >= 4 is 11.9 Å². The highest BCUT2D eigenvalue weighted by molar-refractivity contribution is 5.89. The normalized spacial score (nSPS) is 47.2. The fourth-order valence-corrected chi connectivity index (χ4v) is 8.79. The topological polar surface area (TPSA) is 83.8 Å². The van der Waals surface area contributed by atoms with Gasteiger partial charge < -0.3 is 14.9 Å². The average molecular weight is 441 g/mol. The van der Waals surface area contributed by atoms with E-state index in [4.69, 9.17) is 4.74 Å². The number of hydrogen-bond donors (Lipinski definition) is 2. The van der Waals surface area contributed by atoms with Crippen LogP contribution in [0.15, 0.2) is 30.3 Å². The Labute approximate surface area is 190 Å². The number of aliphatic hydroxyl groups is 1. The third-order valence-corrected chi connectivity index (χ3v) is 10.5. The molecule has 0 saturated heterocycles.